The molecule has 2 N–H and O–H groups in total. The van der Waals surface area contributed by atoms with E-state index in [1.165, 1.54) is 0 Å². The minimum absolute atomic E-state index is 0.229. The summed E-state index contributed by atoms with van der Waals surface area (Å²) in [5, 5.41) is 0.283. The summed E-state index contributed by atoms with van der Waals surface area (Å²) in [6.07, 6.45) is 1.80. The van der Waals surface area contributed by atoms with E-state index in [2.05, 4.69) is 4.98 Å². The molecule has 11 heavy (non-hydrogen) atoms. The minimum atomic E-state index is -0.388. The molecule has 1 rings (SSSR count). The van der Waals surface area contributed by atoms with Gasteiger partial charge in [-0.1, -0.05) is 11.3 Å². The molecular formula is C6H7FN2OS. The van der Waals surface area contributed by atoms with E-state index < -0.39 is 0 Å². The largest absolute Gasteiger partial charge is 0.370 e. The van der Waals surface area contributed by atoms with Gasteiger partial charge in [0, 0.05) is 12.8 Å². The van der Waals surface area contributed by atoms with Crippen molar-refractivity contribution in [3.63, 3.8) is 0 Å². The van der Waals surface area contributed by atoms with Gasteiger partial charge in [0.1, 0.15) is 0 Å². The molecule has 60 valence electrons. The van der Waals surface area contributed by atoms with Gasteiger partial charge in [-0.25, -0.2) is 4.98 Å². The van der Waals surface area contributed by atoms with E-state index in [1.807, 2.05) is 0 Å². The molecule has 0 aliphatic rings. The Hall–Kier alpha value is -0.970. The topological polar surface area (TPSA) is 56.0 Å². The molecule has 1 heterocycles. The number of nitrogens with two attached hydrogens (primary N) is 1. The second-order valence-corrected chi connectivity index (χ2v) is 3.09. The fourth-order valence-corrected chi connectivity index (χ4v) is 1.27. The van der Waals surface area contributed by atoms with Gasteiger partial charge < -0.3 is 5.73 Å². The fraction of sp³-hybridized carbons (Fsp3) is 0.333. The van der Waals surface area contributed by atoms with Gasteiger partial charge in [-0.2, -0.15) is 4.39 Å². The van der Waals surface area contributed by atoms with Crippen molar-refractivity contribution in [1.82, 2.24) is 4.98 Å². The quantitative estimate of drug-likeness (QED) is 0.733. The number of aryl methyl sites for hydroxylation is 1. The third kappa shape index (κ3) is 2.63. The predicted octanol–water partition coefficient (Wildman–Crippen LogP) is 0.700. The number of hydrogen-bond acceptors (Lipinski definition) is 3. The van der Waals surface area contributed by atoms with Crippen LogP contribution in [0.2, 0.25) is 0 Å². The van der Waals surface area contributed by atoms with E-state index in [9.17, 15) is 9.18 Å². The van der Waals surface area contributed by atoms with Crippen molar-refractivity contribution >= 4 is 17.2 Å². The van der Waals surface area contributed by atoms with E-state index in [1.54, 1.807) is 0 Å². The molecule has 1 amide bonds. The summed E-state index contributed by atoms with van der Waals surface area (Å²) in [6, 6.07) is 0. The number of hydrogen-bond donors (Lipinski definition) is 1. The van der Waals surface area contributed by atoms with Gasteiger partial charge >= 0.3 is 0 Å². The number of aromatic nitrogens is 1. The standard InChI is InChI=1S/C6H7FN2OS/c7-4-3-9-6(11-4)2-1-5(8)10/h3H,1-2H2,(H2,8,10). The molecule has 0 saturated heterocycles. The summed E-state index contributed by atoms with van der Waals surface area (Å²) >= 11 is 0.944. The Morgan fingerprint density at radius 1 is 1.82 bits per heavy atom. The van der Waals surface area contributed by atoms with Crippen LogP contribution in [0.3, 0.4) is 0 Å². The molecule has 0 bridgehead atoms. The number of primary amides is 1. The van der Waals surface area contributed by atoms with Gasteiger partial charge in [0.05, 0.1) is 11.2 Å². The van der Waals surface area contributed by atoms with Gasteiger partial charge in [0.2, 0.25) is 5.91 Å². The number of halogens is 1. The molecule has 0 radical (unpaired) electrons. The maximum Gasteiger partial charge on any atom is 0.217 e. The number of thiazole rings is 1. The van der Waals surface area contributed by atoms with E-state index >= 15 is 0 Å². The van der Waals surface area contributed by atoms with Crippen molar-refractivity contribution in [2.75, 3.05) is 0 Å². The summed E-state index contributed by atoms with van der Waals surface area (Å²) in [4.78, 5) is 14.0. The molecule has 0 aliphatic carbocycles. The zero-order chi connectivity index (χ0) is 8.27. The average molecular weight is 174 g/mol. The third-order valence-corrected chi connectivity index (χ3v) is 1.96. The summed E-state index contributed by atoms with van der Waals surface area (Å²) in [7, 11) is 0. The highest BCUT2D eigenvalue weighted by Gasteiger charge is 2.02. The molecule has 1 aromatic rings. The molecule has 0 unspecified atom stereocenters. The number of rotatable bonds is 3. The smallest absolute Gasteiger partial charge is 0.217 e. The molecule has 0 spiro atoms. The molecule has 0 atom stereocenters. The Bertz CT molecular complexity index is 261. The Kier molecular flexibility index (Phi) is 2.53. The van der Waals surface area contributed by atoms with Crippen molar-refractivity contribution in [3.8, 4) is 0 Å². The van der Waals surface area contributed by atoms with Crippen LogP contribution in [0.1, 0.15) is 11.4 Å². The zero-order valence-corrected chi connectivity index (χ0v) is 6.53. The monoisotopic (exact) mass is 174 g/mol. The molecule has 3 nitrogen and oxygen atoms in total. The van der Waals surface area contributed by atoms with Crippen LogP contribution in [0, 0.1) is 5.13 Å². The number of carbonyl (C=O) groups is 1. The van der Waals surface area contributed by atoms with Crippen molar-refractivity contribution < 1.29 is 9.18 Å². The molecule has 5 heteroatoms. The average Bonchev–Trinajstić information content (AvgIpc) is 2.31. The molecule has 0 aromatic carbocycles. The highest BCUT2D eigenvalue weighted by Crippen LogP contribution is 2.11. The van der Waals surface area contributed by atoms with E-state index in [0.29, 0.717) is 11.4 Å². The lowest BCUT2D eigenvalue weighted by Gasteiger charge is -1.89. The molecular weight excluding hydrogens is 167 g/mol. The first-order valence-electron chi connectivity index (χ1n) is 3.07. The first kappa shape index (κ1) is 8.13. The Labute approximate surface area is 67.1 Å². The van der Waals surface area contributed by atoms with Crippen LogP contribution in [-0.2, 0) is 11.2 Å². The van der Waals surface area contributed by atoms with Crippen LogP contribution in [0.25, 0.3) is 0 Å². The lowest BCUT2D eigenvalue weighted by atomic mass is 10.3. The SMILES string of the molecule is NC(=O)CCc1ncc(F)s1. The lowest BCUT2D eigenvalue weighted by molar-refractivity contribution is -0.117. The number of amides is 1. The van der Waals surface area contributed by atoms with Crippen LogP contribution in [-0.4, -0.2) is 10.9 Å². The van der Waals surface area contributed by atoms with Gasteiger partial charge in [0.15, 0.2) is 5.13 Å². The molecule has 0 fully saturated rings. The van der Waals surface area contributed by atoms with Crippen LogP contribution >= 0.6 is 11.3 Å². The normalized spacial score (nSPS) is 9.91. The first-order valence-corrected chi connectivity index (χ1v) is 3.88. The maximum absolute atomic E-state index is 12.3. The molecule has 0 saturated carbocycles. The van der Waals surface area contributed by atoms with Crippen molar-refractivity contribution in [2.24, 2.45) is 5.73 Å². The van der Waals surface area contributed by atoms with Gasteiger partial charge in [-0.05, 0) is 0 Å². The second-order valence-electron chi connectivity index (χ2n) is 2.02. The van der Waals surface area contributed by atoms with Crippen LogP contribution < -0.4 is 5.73 Å². The van der Waals surface area contributed by atoms with Crippen molar-refractivity contribution in [2.45, 2.75) is 12.8 Å². The highest BCUT2D eigenvalue weighted by molar-refractivity contribution is 7.09. The Balaban J connectivity index is 2.45. The summed E-state index contributed by atoms with van der Waals surface area (Å²) < 4.78 is 12.3. The highest BCUT2D eigenvalue weighted by atomic mass is 32.1. The van der Waals surface area contributed by atoms with Crippen LogP contribution in [0.15, 0.2) is 6.20 Å². The summed E-state index contributed by atoms with van der Waals surface area (Å²) in [6.45, 7) is 0. The van der Waals surface area contributed by atoms with Gasteiger partial charge in [-0.15, -0.1) is 0 Å². The molecule has 0 aliphatic heterocycles. The van der Waals surface area contributed by atoms with E-state index in [0.717, 1.165) is 17.5 Å². The van der Waals surface area contributed by atoms with E-state index in [-0.39, 0.29) is 17.5 Å². The van der Waals surface area contributed by atoms with E-state index in [4.69, 9.17) is 5.73 Å². The third-order valence-electron chi connectivity index (χ3n) is 1.11. The maximum atomic E-state index is 12.3. The molecule has 1 aromatic heterocycles. The number of nitrogens with zero attached hydrogens (tertiary/aromatic N) is 1. The van der Waals surface area contributed by atoms with Gasteiger partial charge in [-0.3, -0.25) is 4.79 Å². The zero-order valence-electron chi connectivity index (χ0n) is 5.71. The van der Waals surface area contributed by atoms with Crippen molar-refractivity contribution in [3.05, 3.63) is 16.3 Å². The Morgan fingerprint density at radius 2 is 2.55 bits per heavy atom. The first-order chi connectivity index (χ1) is 5.18. The lowest BCUT2D eigenvalue weighted by Crippen LogP contribution is -2.10. The van der Waals surface area contributed by atoms with Crippen molar-refractivity contribution in [1.29, 1.82) is 0 Å². The summed E-state index contributed by atoms with van der Waals surface area (Å²) in [5.41, 5.74) is 4.89. The second kappa shape index (κ2) is 3.43. The summed E-state index contributed by atoms with van der Waals surface area (Å²) in [5.74, 6) is -0.388. The predicted molar refractivity (Wildman–Crippen MR) is 39.6 cm³/mol. The van der Waals surface area contributed by atoms with Gasteiger partial charge in [0.25, 0.3) is 0 Å². The Morgan fingerprint density at radius 3 is 3.00 bits per heavy atom. The fourth-order valence-electron chi connectivity index (χ4n) is 0.634. The minimum Gasteiger partial charge on any atom is -0.370 e. The number of carbonyl (C=O) groups excluding carboxylic acids is 1. The van der Waals surface area contributed by atoms with Crippen LogP contribution in [0.5, 0.6) is 0 Å². The van der Waals surface area contributed by atoms with Crippen LogP contribution in [0.4, 0.5) is 4.39 Å².